The number of hydrogen-bond donors (Lipinski definition) is 2. The number of nitrogens with zero attached hydrogens (tertiary/aromatic N) is 2. The number of thioether (sulfide) groups is 1. The number of fused-ring (bicyclic) bond motifs is 3. The number of benzene rings is 1. The van der Waals surface area contributed by atoms with Crippen LogP contribution >= 0.6 is 11.8 Å². The van der Waals surface area contributed by atoms with Crippen LogP contribution in [0, 0.1) is 0 Å². The predicted octanol–water partition coefficient (Wildman–Crippen LogP) is 6.29. The normalized spacial score (nSPS) is 12.6. The molecule has 1 atom stereocenters. The summed E-state index contributed by atoms with van der Waals surface area (Å²) in [5.74, 6) is 0.376. The largest absolute Gasteiger partial charge is 0.481 e. The lowest BCUT2D eigenvalue weighted by Crippen LogP contribution is -2.12. The van der Waals surface area contributed by atoms with Gasteiger partial charge in [-0.2, -0.15) is 0 Å². The van der Waals surface area contributed by atoms with Crippen molar-refractivity contribution in [2.24, 2.45) is 0 Å². The maximum Gasteiger partial charge on any atom is 0.304 e. The minimum absolute atomic E-state index is 0.0917. The molecule has 0 radical (unpaired) electrons. The molecule has 0 aliphatic carbocycles. The third kappa shape index (κ3) is 5.94. The number of carboxylic acids is 1. The van der Waals surface area contributed by atoms with Gasteiger partial charge in [-0.1, -0.05) is 57.6 Å². The van der Waals surface area contributed by atoms with Crippen molar-refractivity contribution in [3.8, 4) is 5.88 Å². The molecule has 0 aliphatic rings. The van der Waals surface area contributed by atoms with Crippen molar-refractivity contribution in [1.82, 2.24) is 14.6 Å². The first-order valence-electron chi connectivity index (χ1n) is 11.1. The fourth-order valence-electron chi connectivity index (χ4n) is 3.64. The highest BCUT2D eigenvalue weighted by atomic mass is 32.2. The van der Waals surface area contributed by atoms with E-state index in [-0.39, 0.29) is 12.5 Å². The van der Waals surface area contributed by atoms with Crippen LogP contribution in [0.1, 0.15) is 71.6 Å². The highest BCUT2D eigenvalue weighted by Crippen LogP contribution is 2.35. The number of aromatic nitrogens is 3. The number of aromatic amines is 1. The van der Waals surface area contributed by atoms with Crippen molar-refractivity contribution in [1.29, 1.82) is 0 Å². The molecule has 3 rings (SSSR count). The van der Waals surface area contributed by atoms with Gasteiger partial charge in [0.05, 0.1) is 23.6 Å². The fraction of sp³-hybridized carbons (Fsp3) is 0.565. The summed E-state index contributed by atoms with van der Waals surface area (Å²) in [5.41, 5.74) is 2.69. The van der Waals surface area contributed by atoms with Gasteiger partial charge >= 0.3 is 5.97 Å². The van der Waals surface area contributed by atoms with E-state index in [2.05, 4.69) is 18.9 Å². The number of carbonyl (C=O) groups is 1. The molecule has 164 valence electrons. The van der Waals surface area contributed by atoms with Gasteiger partial charge in [0.25, 0.3) is 0 Å². The second kappa shape index (κ2) is 11.3. The topological polar surface area (TPSA) is 79.6 Å². The van der Waals surface area contributed by atoms with Gasteiger partial charge in [-0.25, -0.2) is 9.50 Å². The predicted molar refractivity (Wildman–Crippen MR) is 123 cm³/mol. The molecule has 0 saturated heterocycles. The first-order valence-corrected chi connectivity index (χ1v) is 12.1. The summed E-state index contributed by atoms with van der Waals surface area (Å²) in [6, 6.07) is 7.95. The zero-order valence-corrected chi connectivity index (χ0v) is 18.8. The molecular formula is C23H33N3O3S. The summed E-state index contributed by atoms with van der Waals surface area (Å²) in [5, 5.41) is 12.3. The van der Waals surface area contributed by atoms with Crippen LogP contribution in [0.15, 0.2) is 29.2 Å². The molecular weight excluding hydrogens is 398 g/mol. The maximum absolute atomic E-state index is 11.0. The van der Waals surface area contributed by atoms with E-state index in [0.29, 0.717) is 11.6 Å². The molecule has 0 bridgehead atoms. The van der Waals surface area contributed by atoms with Crippen LogP contribution in [0.5, 0.6) is 5.88 Å². The molecule has 2 aromatic heterocycles. The van der Waals surface area contributed by atoms with Crippen LogP contribution in [0.3, 0.4) is 0 Å². The fourth-order valence-corrected chi connectivity index (χ4v) is 4.62. The smallest absolute Gasteiger partial charge is 0.304 e. The molecule has 7 heteroatoms. The standard InChI is InChI=1S/C23H33N3O3S/c1-3-4-5-6-7-8-9-12-17(2)29-23-21(30-16-15-20(27)28)22-24-18-13-10-11-14-19(18)26(22)25-23/h10-11,13-14,17,25H,3-9,12,15-16H2,1-2H3,(H,27,28). The van der Waals surface area contributed by atoms with Crippen LogP contribution < -0.4 is 4.74 Å². The second-order valence-electron chi connectivity index (χ2n) is 7.86. The number of para-hydroxylation sites is 2. The van der Waals surface area contributed by atoms with Gasteiger partial charge in [-0.15, -0.1) is 11.8 Å². The third-order valence-electron chi connectivity index (χ3n) is 5.28. The van der Waals surface area contributed by atoms with Crippen LogP contribution in [-0.4, -0.2) is 37.5 Å². The summed E-state index contributed by atoms with van der Waals surface area (Å²) < 4.78 is 8.19. The van der Waals surface area contributed by atoms with Crippen LogP contribution in [-0.2, 0) is 4.79 Å². The molecule has 2 heterocycles. The van der Waals surface area contributed by atoms with Gasteiger partial charge in [0.2, 0.25) is 5.88 Å². The summed E-state index contributed by atoms with van der Waals surface area (Å²) in [6.07, 6.45) is 10.2. The molecule has 1 unspecified atom stereocenters. The number of unbranched alkanes of at least 4 members (excludes halogenated alkanes) is 6. The average molecular weight is 432 g/mol. The number of rotatable bonds is 14. The molecule has 2 N–H and O–H groups in total. The number of aliphatic carboxylic acids is 1. The quantitative estimate of drug-likeness (QED) is 0.232. The Kier molecular flexibility index (Phi) is 8.49. The summed E-state index contributed by atoms with van der Waals surface area (Å²) in [7, 11) is 0. The lowest BCUT2D eigenvalue weighted by molar-refractivity contribution is -0.136. The van der Waals surface area contributed by atoms with Gasteiger partial charge in [0, 0.05) is 5.75 Å². The molecule has 3 aromatic rings. The highest BCUT2D eigenvalue weighted by molar-refractivity contribution is 7.99. The van der Waals surface area contributed by atoms with Crippen LogP contribution in [0.2, 0.25) is 0 Å². The monoisotopic (exact) mass is 431 g/mol. The molecule has 6 nitrogen and oxygen atoms in total. The van der Waals surface area contributed by atoms with Crippen molar-refractivity contribution in [2.75, 3.05) is 5.75 Å². The lowest BCUT2D eigenvalue weighted by atomic mass is 10.1. The van der Waals surface area contributed by atoms with E-state index < -0.39 is 5.97 Å². The molecule has 0 spiro atoms. The van der Waals surface area contributed by atoms with Gasteiger partial charge in [0.1, 0.15) is 4.90 Å². The van der Waals surface area contributed by atoms with E-state index >= 15 is 0 Å². The molecule has 0 aliphatic heterocycles. The Bertz CT molecular complexity index is 950. The van der Waals surface area contributed by atoms with E-state index in [1.165, 1.54) is 50.3 Å². The van der Waals surface area contributed by atoms with Gasteiger partial charge in [-0.3, -0.25) is 9.89 Å². The number of carboxylic acid groups (broad SMARTS) is 1. The van der Waals surface area contributed by atoms with E-state index in [4.69, 9.17) is 14.8 Å². The van der Waals surface area contributed by atoms with Crippen LogP contribution in [0.25, 0.3) is 16.7 Å². The summed E-state index contributed by atoms with van der Waals surface area (Å²) in [4.78, 5) is 16.6. The molecule has 30 heavy (non-hydrogen) atoms. The number of hydrogen-bond acceptors (Lipinski definition) is 4. The van der Waals surface area contributed by atoms with Gasteiger partial charge in [-0.05, 0) is 31.9 Å². The maximum atomic E-state index is 11.0. The van der Waals surface area contributed by atoms with Crippen molar-refractivity contribution < 1.29 is 14.6 Å². The van der Waals surface area contributed by atoms with E-state index in [1.54, 1.807) is 0 Å². The Morgan fingerprint density at radius 2 is 1.93 bits per heavy atom. The zero-order chi connectivity index (χ0) is 21.3. The Balaban J connectivity index is 1.65. The minimum Gasteiger partial charge on any atom is -0.481 e. The van der Waals surface area contributed by atoms with E-state index in [9.17, 15) is 4.79 Å². The SMILES string of the molecule is CCCCCCCCCC(C)Oc1[nH]n2c(nc3ccccc32)c1SCCC(=O)O. The summed E-state index contributed by atoms with van der Waals surface area (Å²) >= 11 is 1.49. The number of H-pyrrole nitrogens is 1. The average Bonchev–Trinajstić information content (AvgIpc) is 3.23. The van der Waals surface area contributed by atoms with Gasteiger partial charge < -0.3 is 9.84 Å². The lowest BCUT2D eigenvalue weighted by Gasteiger charge is -2.14. The Labute approximate surface area is 182 Å². The highest BCUT2D eigenvalue weighted by Gasteiger charge is 2.20. The molecule has 0 fully saturated rings. The van der Waals surface area contributed by atoms with E-state index in [1.807, 2.05) is 28.8 Å². The Morgan fingerprint density at radius 1 is 1.20 bits per heavy atom. The van der Waals surface area contributed by atoms with Crippen molar-refractivity contribution in [3.63, 3.8) is 0 Å². The minimum atomic E-state index is -0.794. The van der Waals surface area contributed by atoms with Crippen molar-refractivity contribution >= 4 is 34.4 Å². The Hall–Kier alpha value is -2.15. The van der Waals surface area contributed by atoms with Crippen molar-refractivity contribution in [3.05, 3.63) is 24.3 Å². The zero-order valence-electron chi connectivity index (χ0n) is 18.0. The van der Waals surface area contributed by atoms with Crippen LogP contribution in [0.4, 0.5) is 0 Å². The first kappa shape index (κ1) is 22.5. The van der Waals surface area contributed by atoms with Crippen molar-refractivity contribution in [2.45, 2.75) is 82.6 Å². The molecule has 1 aromatic carbocycles. The summed E-state index contributed by atoms with van der Waals surface area (Å²) in [6.45, 7) is 4.35. The second-order valence-corrected chi connectivity index (χ2v) is 8.97. The first-order chi connectivity index (χ1) is 14.6. The Morgan fingerprint density at radius 3 is 2.70 bits per heavy atom. The molecule has 0 amide bonds. The van der Waals surface area contributed by atoms with E-state index in [0.717, 1.165) is 34.4 Å². The third-order valence-corrected chi connectivity index (χ3v) is 6.34. The van der Waals surface area contributed by atoms with Gasteiger partial charge in [0.15, 0.2) is 5.65 Å². The number of imidazole rings is 1. The molecule has 0 saturated carbocycles. The number of ether oxygens (including phenoxy) is 1. The number of nitrogens with one attached hydrogen (secondary N) is 1.